The largest absolute Gasteiger partial charge is 0.299 e. The molecule has 0 N–H and O–H groups in total. The van der Waals surface area contributed by atoms with E-state index < -0.39 is 11.7 Å². The predicted molar refractivity (Wildman–Crippen MR) is 78.5 cm³/mol. The molecule has 21 heavy (non-hydrogen) atoms. The molecule has 1 aromatic heterocycles. The first kappa shape index (κ1) is 13.7. The van der Waals surface area contributed by atoms with Gasteiger partial charge in [-0.25, -0.2) is 4.98 Å². The van der Waals surface area contributed by atoms with E-state index >= 15 is 0 Å². The van der Waals surface area contributed by atoms with Crippen molar-refractivity contribution in [3.8, 4) is 0 Å². The number of rotatable bonds is 2. The number of carbonyl (C=O) groups is 2. The molecule has 2 heterocycles. The van der Waals surface area contributed by atoms with E-state index in [0.29, 0.717) is 16.9 Å². The number of carbonyl (C=O) groups excluding carboxylic acids is 2. The molecule has 6 heteroatoms. The maximum Gasteiger partial charge on any atom is 0.299 e. The van der Waals surface area contributed by atoms with E-state index in [0.717, 1.165) is 11.1 Å². The second-order valence-electron chi connectivity index (χ2n) is 4.97. The number of halogens is 1. The number of hydrogen-bond acceptors (Lipinski definition) is 4. The zero-order valence-corrected chi connectivity index (χ0v) is 12.3. The summed E-state index contributed by atoms with van der Waals surface area (Å²) in [6, 6.07) is 3.76. The topological polar surface area (TPSA) is 63.2 Å². The van der Waals surface area contributed by atoms with Crippen molar-refractivity contribution in [1.29, 1.82) is 0 Å². The van der Waals surface area contributed by atoms with Crippen LogP contribution in [0.5, 0.6) is 0 Å². The maximum atomic E-state index is 12.2. The van der Waals surface area contributed by atoms with Crippen molar-refractivity contribution in [2.75, 3.05) is 4.90 Å². The Kier molecular flexibility index (Phi) is 3.22. The van der Waals surface area contributed by atoms with Gasteiger partial charge in [-0.05, 0) is 25.0 Å². The van der Waals surface area contributed by atoms with Crippen LogP contribution in [0.4, 0.5) is 5.69 Å². The zero-order valence-electron chi connectivity index (χ0n) is 11.6. The van der Waals surface area contributed by atoms with Gasteiger partial charge in [-0.1, -0.05) is 23.7 Å². The van der Waals surface area contributed by atoms with Crippen molar-refractivity contribution >= 4 is 29.0 Å². The first-order valence-electron chi connectivity index (χ1n) is 6.42. The second-order valence-corrected chi connectivity index (χ2v) is 5.36. The van der Waals surface area contributed by atoms with Gasteiger partial charge in [-0.15, -0.1) is 0 Å². The van der Waals surface area contributed by atoms with E-state index in [1.807, 2.05) is 26.0 Å². The van der Waals surface area contributed by atoms with Gasteiger partial charge in [0.15, 0.2) is 0 Å². The molecule has 1 aromatic carbocycles. The second kappa shape index (κ2) is 4.93. The monoisotopic (exact) mass is 301 g/mol. The van der Waals surface area contributed by atoms with Gasteiger partial charge in [0.05, 0.1) is 35.9 Å². The molecule has 0 fully saturated rings. The van der Waals surface area contributed by atoms with Gasteiger partial charge in [0.2, 0.25) is 0 Å². The number of benzene rings is 1. The molecule has 5 nitrogen and oxygen atoms in total. The normalized spacial score (nSPS) is 13.8. The number of amides is 1. The van der Waals surface area contributed by atoms with Crippen LogP contribution >= 0.6 is 11.6 Å². The van der Waals surface area contributed by atoms with Crippen molar-refractivity contribution in [2.24, 2.45) is 0 Å². The molecule has 1 aliphatic rings. The molecule has 106 valence electrons. The first-order chi connectivity index (χ1) is 9.99. The van der Waals surface area contributed by atoms with Crippen molar-refractivity contribution in [3.63, 3.8) is 0 Å². The number of hydrogen-bond donors (Lipinski definition) is 0. The SMILES string of the molecule is Cc1ccc(C)c2c1C(=O)C(=O)N2Cc1cnc(Cl)cn1. The van der Waals surface area contributed by atoms with Crippen molar-refractivity contribution in [1.82, 2.24) is 9.97 Å². The van der Waals surface area contributed by atoms with Crippen molar-refractivity contribution < 1.29 is 9.59 Å². The molecule has 0 atom stereocenters. The number of ketones is 1. The zero-order chi connectivity index (χ0) is 15.1. The molecular weight excluding hydrogens is 290 g/mol. The third kappa shape index (κ3) is 2.19. The Hall–Kier alpha value is -2.27. The van der Waals surface area contributed by atoms with Crippen LogP contribution in [0.1, 0.15) is 27.2 Å². The Bertz CT molecular complexity index is 756. The summed E-state index contributed by atoms with van der Waals surface area (Å²) < 4.78 is 0. The highest BCUT2D eigenvalue weighted by Crippen LogP contribution is 2.35. The summed E-state index contributed by atoms with van der Waals surface area (Å²) in [5.41, 5.74) is 3.42. The van der Waals surface area contributed by atoms with Crippen LogP contribution in [0, 0.1) is 13.8 Å². The van der Waals surface area contributed by atoms with E-state index in [1.165, 1.54) is 17.3 Å². The Balaban J connectivity index is 2.05. The quantitative estimate of drug-likeness (QED) is 0.799. The summed E-state index contributed by atoms with van der Waals surface area (Å²) in [7, 11) is 0. The van der Waals surface area contributed by atoms with Crippen LogP contribution in [0.25, 0.3) is 0 Å². The molecule has 0 saturated carbocycles. The van der Waals surface area contributed by atoms with Gasteiger partial charge in [0.1, 0.15) is 5.15 Å². The van der Waals surface area contributed by atoms with E-state index in [2.05, 4.69) is 9.97 Å². The fourth-order valence-corrected chi connectivity index (χ4v) is 2.59. The Morgan fingerprint density at radius 3 is 2.48 bits per heavy atom. The lowest BCUT2D eigenvalue weighted by atomic mass is 10.0. The standard InChI is InChI=1S/C15H12ClN3O2/c1-8-3-4-9(2)13-12(8)14(20)15(21)19(13)7-10-5-18-11(16)6-17-10/h3-6H,7H2,1-2H3. The molecule has 0 aliphatic carbocycles. The van der Waals surface area contributed by atoms with Crippen LogP contribution in [0.3, 0.4) is 0 Å². The molecule has 3 rings (SSSR count). The summed E-state index contributed by atoms with van der Waals surface area (Å²) in [6.07, 6.45) is 2.92. The average molecular weight is 302 g/mol. The highest BCUT2D eigenvalue weighted by molar-refractivity contribution is 6.52. The predicted octanol–water partition coefficient (Wildman–Crippen LogP) is 2.48. The molecule has 2 aromatic rings. The summed E-state index contributed by atoms with van der Waals surface area (Å²) in [5.74, 6) is -0.993. The minimum absolute atomic E-state index is 0.200. The molecule has 1 aliphatic heterocycles. The summed E-state index contributed by atoms with van der Waals surface area (Å²) >= 11 is 5.70. The van der Waals surface area contributed by atoms with Crippen LogP contribution < -0.4 is 4.90 Å². The first-order valence-corrected chi connectivity index (χ1v) is 6.79. The fourth-order valence-electron chi connectivity index (χ4n) is 2.50. The summed E-state index contributed by atoms with van der Waals surface area (Å²) in [6.45, 7) is 3.91. The van der Waals surface area contributed by atoms with Crippen molar-refractivity contribution in [2.45, 2.75) is 20.4 Å². The van der Waals surface area contributed by atoms with Crippen molar-refractivity contribution in [3.05, 3.63) is 52.1 Å². The van der Waals surface area contributed by atoms with E-state index in [9.17, 15) is 9.59 Å². The summed E-state index contributed by atoms with van der Waals surface area (Å²) in [5, 5.41) is 0.287. The van der Waals surface area contributed by atoms with Gasteiger partial charge in [-0.3, -0.25) is 19.5 Å². The third-order valence-electron chi connectivity index (χ3n) is 3.52. The van der Waals surface area contributed by atoms with Crippen LogP contribution in [-0.2, 0) is 11.3 Å². The molecule has 0 bridgehead atoms. The third-order valence-corrected chi connectivity index (χ3v) is 3.71. The van der Waals surface area contributed by atoms with Crippen LogP contribution in [0.15, 0.2) is 24.5 Å². The van der Waals surface area contributed by atoms with Gasteiger partial charge in [-0.2, -0.15) is 0 Å². The van der Waals surface area contributed by atoms with Gasteiger partial charge >= 0.3 is 0 Å². The lowest BCUT2D eigenvalue weighted by molar-refractivity contribution is -0.114. The highest BCUT2D eigenvalue weighted by atomic mass is 35.5. The Morgan fingerprint density at radius 2 is 1.81 bits per heavy atom. The Morgan fingerprint density at radius 1 is 1.10 bits per heavy atom. The Labute approximate surface area is 126 Å². The smallest absolute Gasteiger partial charge is 0.298 e. The summed E-state index contributed by atoms with van der Waals surface area (Å²) in [4.78, 5) is 33.9. The molecule has 0 radical (unpaired) electrons. The van der Waals surface area contributed by atoms with Crippen LogP contribution in [-0.4, -0.2) is 21.7 Å². The fraction of sp³-hybridized carbons (Fsp3) is 0.200. The minimum Gasteiger partial charge on any atom is -0.298 e. The average Bonchev–Trinajstić information content (AvgIpc) is 2.71. The molecular formula is C15H12ClN3O2. The number of aryl methyl sites for hydroxylation is 2. The molecule has 0 unspecified atom stereocenters. The minimum atomic E-state index is -0.529. The van der Waals surface area contributed by atoms with Crippen LogP contribution in [0.2, 0.25) is 5.15 Å². The van der Waals surface area contributed by atoms with Gasteiger partial charge < -0.3 is 0 Å². The number of aromatic nitrogens is 2. The van der Waals surface area contributed by atoms with E-state index in [-0.39, 0.29) is 11.7 Å². The molecule has 0 saturated heterocycles. The molecule has 1 amide bonds. The number of Topliss-reactive ketones (excluding diaryl/α,β-unsaturated/α-hetero) is 1. The highest BCUT2D eigenvalue weighted by Gasteiger charge is 2.38. The lowest BCUT2D eigenvalue weighted by Gasteiger charge is -2.18. The molecule has 0 spiro atoms. The van der Waals surface area contributed by atoms with Gasteiger partial charge in [0, 0.05) is 0 Å². The van der Waals surface area contributed by atoms with E-state index in [4.69, 9.17) is 11.6 Å². The number of fused-ring (bicyclic) bond motifs is 1. The lowest BCUT2D eigenvalue weighted by Crippen LogP contribution is -2.29. The van der Waals surface area contributed by atoms with Gasteiger partial charge in [0.25, 0.3) is 11.7 Å². The number of anilines is 1. The number of nitrogens with zero attached hydrogens (tertiary/aromatic N) is 3. The maximum absolute atomic E-state index is 12.2. The van der Waals surface area contributed by atoms with E-state index in [1.54, 1.807) is 0 Å².